The number of nitrogens with zero attached hydrogens (tertiary/aromatic N) is 1. The van der Waals surface area contributed by atoms with Crippen LogP contribution in [0.4, 0.5) is 18.9 Å². The summed E-state index contributed by atoms with van der Waals surface area (Å²) in [5, 5.41) is 10.6. The van der Waals surface area contributed by atoms with E-state index in [4.69, 9.17) is 25.5 Å². The van der Waals surface area contributed by atoms with Crippen LogP contribution in [0.5, 0.6) is 17.2 Å². The molecule has 0 aliphatic carbocycles. The van der Waals surface area contributed by atoms with Gasteiger partial charge in [0.2, 0.25) is 11.2 Å². The van der Waals surface area contributed by atoms with Crippen LogP contribution in [0.3, 0.4) is 0 Å². The molecule has 0 aliphatic heterocycles. The predicted molar refractivity (Wildman–Crippen MR) is 131 cm³/mol. The summed E-state index contributed by atoms with van der Waals surface area (Å²) in [6.45, 7) is 3.64. The molecule has 0 spiro atoms. The standard InChI is InChI=1S/C26H17ClF3NO7/c1-13(2)16-5-3-4-6-20(16)37-23-22(32)17-9-8-15(12-21(17)38-24(23)26(28,29)30)36-25(33)18-11-14(31(34)35)7-10-19(18)27/h3-13H,1-2H3. The lowest BCUT2D eigenvalue weighted by molar-refractivity contribution is -0.384. The van der Waals surface area contributed by atoms with Crippen LogP contribution in [-0.2, 0) is 6.18 Å². The molecule has 8 nitrogen and oxygen atoms in total. The van der Waals surface area contributed by atoms with Crippen molar-refractivity contribution in [2.24, 2.45) is 0 Å². The minimum Gasteiger partial charge on any atom is -0.449 e. The zero-order chi connectivity index (χ0) is 27.8. The smallest absolute Gasteiger partial charge is 0.449 e. The number of nitro benzene ring substituents is 1. The Morgan fingerprint density at radius 3 is 2.45 bits per heavy atom. The van der Waals surface area contributed by atoms with Crippen molar-refractivity contribution in [3.8, 4) is 17.2 Å². The van der Waals surface area contributed by atoms with E-state index in [1.165, 1.54) is 6.07 Å². The number of benzene rings is 3. The third kappa shape index (κ3) is 5.32. The monoisotopic (exact) mass is 547 g/mol. The zero-order valence-electron chi connectivity index (χ0n) is 19.7. The zero-order valence-corrected chi connectivity index (χ0v) is 20.4. The first kappa shape index (κ1) is 26.7. The third-order valence-electron chi connectivity index (χ3n) is 5.42. The lowest BCUT2D eigenvalue weighted by atomic mass is 10.0. The van der Waals surface area contributed by atoms with Crippen molar-refractivity contribution in [2.45, 2.75) is 25.9 Å². The molecule has 12 heteroatoms. The molecule has 0 saturated heterocycles. The Labute approximate surface area is 217 Å². The Morgan fingerprint density at radius 1 is 1.08 bits per heavy atom. The van der Waals surface area contributed by atoms with Crippen LogP contribution in [0.1, 0.15) is 41.4 Å². The van der Waals surface area contributed by atoms with Crippen LogP contribution in [0.25, 0.3) is 11.0 Å². The molecule has 3 aromatic carbocycles. The summed E-state index contributed by atoms with van der Waals surface area (Å²) in [5.74, 6) is -4.14. The normalized spacial score (nSPS) is 11.6. The molecule has 0 unspecified atom stereocenters. The average molecular weight is 548 g/mol. The summed E-state index contributed by atoms with van der Waals surface area (Å²) >= 11 is 5.94. The van der Waals surface area contributed by atoms with Gasteiger partial charge >= 0.3 is 12.1 Å². The van der Waals surface area contributed by atoms with Gasteiger partial charge in [-0.2, -0.15) is 13.2 Å². The second kappa shape index (κ2) is 10.2. The minimum absolute atomic E-state index is 0.0685. The second-order valence-electron chi connectivity index (χ2n) is 8.35. The topological polar surface area (TPSA) is 109 Å². The van der Waals surface area contributed by atoms with Crippen molar-refractivity contribution < 1.29 is 36.8 Å². The Balaban J connectivity index is 1.77. The van der Waals surface area contributed by atoms with E-state index < -0.39 is 45.3 Å². The first-order valence-electron chi connectivity index (χ1n) is 11.0. The van der Waals surface area contributed by atoms with Gasteiger partial charge in [-0.3, -0.25) is 14.9 Å². The highest BCUT2D eigenvalue weighted by atomic mass is 35.5. The fourth-order valence-electron chi connectivity index (χ4n) is 3.60. The van der Waals surface area contributed by atoms with E-state index in [0.717, 1.165) is 36.4 Å². The molecule has 0 saturated carbocycles. The van der Waals surface area contributed by atoms with Crippen LogP contribution in [0.2, 0.25) is 5.02 Å². The number of ether oxygens (including phenoxy) is 2. The molecule has 1 heterocycles. The Bertz CT molecular complexity index is 1630. The van der Waals surface area contributed by atoms with Gasteiger partial charge in [0, 0.05) is 18.2 Å². The van der Waals surface area contributed by atoms with Crippen molar-refractivity contribution in [3.63, 3.8) is 0 Å². The van der Waals surface area contributed by atoms with E-state index in [1.807, 2.05) is 13.8 Å². The Morgan fingerprint density at radius 2 is 1.79 bits per heavy atom. The summed E-state index contributed by atoms with van der Waals surface area (Å²) in [5.41, 5.74) is -1.79. The highest BCUT2D eigenvalue weighted by Crippen LogP contribution is 2.40. The highest BCUT2D eigenvalue weighted by Gasteiger charge is 2.40. The molecule has 0 radical (unpaired) electrons. The van der Waals surface area contributed by atoms with Crippen LogP contribution in [0.15, 0.2) is 69.9 Å². The number of nitro groups is 1. The van der Waals surface area contributed by atoms with Gasteiger partial charge in [0.15, 0.2) is 0 Å². The number of carbonyl (C=O) groups is 1. The molecule has 0 bridgehead atoms. The number of non-ortho nitro benzene ring substituents is 1. The molecule has 38 heavy (non-hydrogen) atoms. The van der Waals surface area contributed by atoms with Gasteiger partial charge in [0.25, 0.3) is 11.4 Å². The van der Waals surface area contributed by atoms with Crippen molar-refractivity contribution in [1.82, 2.24) is 0 Å². The maximum absolute atomic E-state index is 13.9. The van der Waals surface area contributed by atoms with Crippen molar-refractivity contribution in [3.05, 3.63) is 103 Å². The van der Waals surface area contributed by atoms with Gasteiger partial charge in [-0.05, 0) is 35.7 Å². The highest BCUT2D eigenvalue weighted by molar-refractivity contribution is 6.33. The fourth-order valence-corrected chi connectivity index (χ4v) is 3.80. The van der Waals surface area contributed by atoms with Gasteiger partial charge < -0.3 is 13.9 Å². The van der Waals surface area contributed by atoms with Gasteiger partial charge in [-0.1, -0.05) is 43.6 Å². The van der Waals surface area contributed by atoms with Gasteiger partial charge in [-0.15, -0.1) is 0 Å². The van der Waals surface area contributed by atoms with E-state index in [-0.39, 0.29) is 33.4 Å². The number of carbonyl (C=O) groups excluding carboxylic acids is 1. The van der Waals surface area contributed by atoms with Gasteiger partial charge in [0.05, 0.1) is 20.9 Å². The second-order valence-corrected chi connectivity index (χ2v) is 8.76. The number of para-hydroxylation sites is 1. The van der Waals surface area contributed by atoms with E-state index in [9.17, 15) is 32.9 Å². The van der Waals surface area contributed by atoms with Crippen molar-refractivity contribution in [1.29, 1.82) is 0 Å². The Kier molecular flexibility index (Phi) is 7.14. The molecule has 4 aromatic rings. The van der Waals surface area contributed by atoms with E-state index in [1.54, 1.807) is 18.2 Å². The lowest BCUT2D eigenvalue weighted by Gasteiger charge is -2.16. The first-order chi connectivity index (χ1) is 17.9. The summed E-state index contributed by atoms with van der Waals surface area (Å²) in [6.07, 6.45) is -5.10. The lowest BCUT2D eigenvalue weighted by Crippen LogP contribution is -2.16. The van der Waals surface area contributed by atoms with E-state index in [2.05, 4.69) is 0 Å². The molecule has 196 valence electrons. The number of hydrogen-bond acceptors (Lipinski definition) is 7. The number of fused-ring (bicyclic) bond motifs is 1. The molecular weight excluding hydrogens is 531 g/mol. The number of hydrogen-bond donors (Lipinski definition) is 0. The van der Waals surface area contributed by atoms with Crippen LogP contribution >= 0.6 is 11.6 Å². The van der Waals surface area contributed by atoms with Gasteiger partial charge in [0.1, 0.15) is 17.1 Å². The minimum atomic E-state index is -5.10. The largest absolute Gasteiger partial charge is 0.453 e. The molecule has 4 rings (SSSR count). The molecule has 0 fully saturated rings. The summed E-state index contributed by atoms with van der Waals surface area (Å²) in [4.78, 5) is 35.9. The average Bonchev–Trinajstić information content (AvgIpc) is 2.85. The van der Waals surface area contributed by atoms with Crippen molar-refractivity contribution in [2.75, 3.05) is 0 Å². The van der Waals surface area contributed by atoms with E-state index >= 15 is 0 Å². The first-order valence-corrected chi connectivity index (χ1v) is 11.4. The quantitative estimate of drug-likeness (QED) is 0.106. The van der Waals surface area contributed by atoms with E-state index in [0.29, 0.717) is 5.56 Å². The SMILES string of the molecule is CC(C)c1ccccc1Oc1c(C(F)(F)F)oc2cc(OC(=O)c3cc([N+](=O)[O-])ccc3Cl)ccc2c1=O. The fraction of sp³-hybridized carbons (Fsp3) is 0.154. The maximum atomic E-state index is 13.9. The summed E-state index contributed by atoms with van der Waals surface area (Å²) in [6, 6.07) is 12.7. The number of alkyl halides is 3. The Hall–Kier alpha value is -4.38. The summed E-state index contributed by atoms with van der Waals surface area (Å²) < 4.78 is 57.5. The van der Waals surface area contributed by atoms with Crippen LogP contribution < -0.4 is 14.9 Å². The van der Waals surface area contributed by atoms with Crippen LogP contribution in [-0.4, -0.2) is 10.9 Å². The third-order valence-corrected chi connectivity index (χ3v) is 5.75. The number of halogens is 4. The molecule has 0 aliphatic rings. The van der Waals surface area contributed by atoms with Gasteiger partial charge in [-0.25, -0.2) is 4.79 Å². The van der Waals surface area contributed by atoms with Crippen molar-refractivity contribution >= 4 is 34.2 Å². The number of rotatable bonds is 6. The van der Waals surface area contributed by atoms with Crippen LogP contribution in [0, 0.1) is 10.1 Å². The predicted octanol–water partition coefficient (Wildman–Crippen LogP) is 7.51. The molecule has 0 N–H and O–H groups in total. The molecule has 1 aromatic heterocycles. The maximum Gasteiger partial charge on any atom is 0.453 e. The molecule has 0 atom stereocenters. The molecule has 0 amide bonds. The summed E-state index contributed by atoms with van der Waals surface area (Å²) in [7, 11) is 0. The molecular formula is C26H17ClF3NO7. The number of esters is 1.